The molecule has 55 heavy (non-hydrogen) atoms. The lowest BCUT2D eigenvalue weighted by molar-refractivity contribution is -0.136. The lowest BCUT2D eigenvalue weighted by Crippen LogP contribution is -2.51. The van der Waals surface area contributed by atoms with Crippen molar-refractivity contribution >= 4 is 24.0 Å². The molecule has 4 amide bonds. The zero-order valence-electron chi connectivity index (χ0n) is 31.8. The number of aliphatic hydroxyl groups is 1. The van der Waals surface area contributed by atoms with Gasteiger partial charge in [0.05, 0.1) is 49.6 Å². The van der Waals surface area contributed by atoms with Crippen LogP contribution in [0.2, 0.25) is 0 Å². The van der Waals surface area contributed by atoms with E-state index in [0.717, 1.165) is 58.5 Å². The summed E-state index contributed by atoms with van der Waals surface area (Å²) in [5.74, 6) is 0.559. The molecule has 2 aromatic heterocycles. The van der Waals surface area contributed by atoms with Crippen LogP contribution in [-0.2, 0) is 20.9 Å². The number of nitrogens with zero attached hydrogens (tertiary/aromatic N) is 4. The standard InChI is InChI=1S/C40H50N8O7/c1-22(2)33(45-39(52)53)37(50)47-16-6-9-32(47)36-42-20-30(44-36)26-14-15-28(27(18-26)21-49)24-10-12-25(13-11-24)29-19-41-35(43-29)31-8-7-17-48(31)38(51)34(23(3)4)46-40(54)55-5/h10-15,18-20,22-23,31-34,45,49H,6-9,16-17,21H2,1-5H3,(H,41,43)(H,42,44)(H,46,54)(H,52,53)/t31-,32-,33-,34-/m0/s1. The number of H-pyrrole nitrogens is 2. The predicted molar refractivity (Wildman–Crippen MR) is 204 cm³/mol. The van der Waals surface area contributed by atoms with Gasteiger partial charge < -0.3 is 45.4 Å². The maximum Gasteiger partial charge on any atom is 0.407 e. The van der Waals surface area contributed by atoms with Gasteiger partial charge in [0.2, 0.25) is 11.8 Å². The molecule has 292 valence electrons. The maximum atomic E-state index is 13.5. The van der Waals surface area contributed by atoms with Crippen molar-refractivity contribution in [1.82, 2.24) is 40.4 Å². The van der Waals surface area contributed by atoms with Gasteiger partial charge in [-0.3, -0.25) is 9.59 Å². The highest BCUT2D eigenvalue weighted by molar-refractivity contribution is 5.87. The molecule has 0 saturated carbocycles. The van der Waals surface area contributed by atoms with E-state index in [1.165, 1.54) is 7.11 Å². The van der Waals surface area contributed by atoms with Crippen LogP contribution in [0.5, 0.6) is 0 Å². The molecule has 2 aliphatic rings. The maximum absolute atomic E-state index is 13.5. The van der Waals surface area contributed by atoms with E-state index in [0.29, 0.717) is 31.2 Å². The number of aromatic nitrogens is 4. The third kappa shape index (κ3) is 8.36. The Bertz CT molecular complexity index is 2010. The number of methoxy groups -OCH3 is 1. The first kappa shape index (κ1) is 39.0. The summed E-state index contributed by atoms with van der Waals surface area (Å²) < 4.78 is 4.75. The van der Waals surface area contributed by atoms with Gasteiger partial charge in [-0.15, -0.1) is 0 Å². The fourth-order valence-corrected chi connectivity index (χ4v) is 7.64. The number of benzene rings is 2. The van der Waals surface area contributed by atoms with E-state index >= 15 is 0 Å². The average Bonchev–Trinajstić information content (AvgIpc) is 4.01. The summed E-state index contributed by atoms with van der Waals surface area (Å²) in [5.41, 5.74) is 5.82. The number of ether oxygens (including phenoxy) is 1. The molecule has 6 N–H and O–H groups in total. The average molecular weight is 755 g/mol. The Morgan fingerprint density at radius 2 is 1.27 bits per heavy atom. The summed E-state index contributed by atoms with van der Waals surface area (Å²) in [4.78, 5) is 69.8. The van der Waals surface area contributed by atoms with Gasteiger partial charge in [0.25, 0.3) is 0 Å². The molecule has 15 heteroatoms. The summed E-state index contributed by atoms with van der Waals surface area (Å²) in [6.45, 7) is 8.30. The van der Waals surface area contributed by atoms with Crippen molar-refractivity contribution in [1.29, 1.82) is 0 Å². The number of hydrogen-bond acceptors (Lipinski definition) is 8. The molecule has 2 aliphatic heterocycles. The molecule has 2 aromatic carbocycles. The Balaban J connectivity index is 1.15. The van der Waals surface area contributed by atoms with Gasteiger partial charge in [-0.25, -0.2) is 19.6 Å². The van der Waals surface area contributed by atoms with Crippen molar-refractivity contribution in [2.75, 3.05) is 20.2 Å². The largest absolute Gasteiger partial charge is 0.465 e. The Morgan fingerprint density at radius 1 is 0.782 bits per heavy atom. The highest BCUT2D eigenvalue weighted by Gasteiger charge is 2.39. The number of alkyl carbamates (subject to hydrolysis) is 1. The van der Waals surface area contributed by atoms with E-state index in [2.05, 4.69) is 30.6 Å². The zero-order chi connectivity index (χ0) is 39.4. The number of nitrogens with one attached hydrogen (secondary N) is 4. The minimum atomic E-state index is -1.23. The Labute approximate surface area is 319 Å². The number of rotatable bonds is 12. The van der Waals surface area contributed by atoms with E-state index in [1.54, 1.807) is 22.2 Å². The number of hydrogen-bond donors (Lipinski definition) is 6. The second-order valence-electron chi connectivity index (χ2n) is 14.9. The van der Waals surface area contributed by atoms with Crippen LogP contribution in [0.4, 0.5) is 9.59 Å². The van der Waals surface area contributed by atoms with Crippen molar-refractivity contribution in [3.8, 4) is 33.6 Å². The van der Waals surface area contributed by atoms with Gasteiger partial charge in [0.1, 0.15) is 23.7 Å². The van der Waals surface area contributed by atoms with Gasteiger partial charge in [-0.2, -0.15) is 0 Å². The van der Waals surface area contributed by atoms with Gasteiger partial charge in [-0.05, 0) is 71.4 Å². The van der Waals surface area contributed by atoms with Crippen LogP contribution >= 0.6 is 0 Å². The first-order chi connectivity index (χ1) is 26.4. The molecule has 2 fully saturated rings. The molecule has 6 rings (SSSR count). The van der Waals surface area contributed by atoms with E-state index < -0.39 is 24.3 Å². The number of carbonyl (C=O) groups excluding carboxylic acids is 3. The normalized spacial score (nSPS) is 18.1. The SMILES string of the molecule is COC(=O)N[C@H](C(=O)N1CCC[C@H]1c1ncc(-c2ccc(-c3ccc(-c4cnc([C@@H]5CCCN5C(=O)[C@@H](NC(=O)O)C(C)C)[nH]4)cc3CO)cc2)[nH]1)C(C)C. The van der Waals surface area contributed by atoms with Crippen LogP contribution in [0.25, 0.3) is 33.6 Å². The highest BCUT2D eigenvalue weighted by Crippen LogP contribution is 2.36. The minimum Gasteiger partial charge on any atom is -0.465 e. The second-order valence-corrected chi connectivity index (χ2v) is 14.9. The molecule has 4 aromatic rings. The summed E-state index contributed by atoms with van der Waals surface area (Å²) in [6.07, 6.45) is 4.68. The Morgan fingerprint density at radius 3 is 1.76 bits per heavy atom. The van der Waals surface area contributed by atoms with Crippen LogP contribution in [-0.4, -0.2) is 96.2 Å². The third-order valence-corrected chi connectivity index (χ3v) is 10.6. The fraction of sp³-hybridized carbons (Fsp3) is 0.450. The predicted octanol–water partition coefficient (Wildman–Crippen LogP) is 5.63. The number of imidazole rings is 2. The number of carbonyl (C=O) groups is 4. The van der Waals surface area contributed by atoms with E-state index in [-0.39, 0.29) is 42.3 Å². The van der Waals surface area contributed by atoms with Crippen molar-refractivity contribution in [2.24, 2.45) is 11.8 Å². The zero-order valence-corrected chi connectivity index (χ0v) is 31.8. The first-order valence-corrected chi connectivity index (χ1v) is 18.8. The number of amides is 4. The lowest BCUT2D eigenvalue weighted by atomic mass is 9.96. The molecule has 0 radical (unpaired) electrons. The molecule has 0 bridgehead atoms. The monoisotopic (exact) mass is 754 g/mol. The van der Waals surface area contributed by atoms with E-state index in [1.807, 2.05) is 70.2 Å². The third-order valence-electron chi connectivity index (χ3n) is 10.6. The molecule has 0 unspecified atom stereocenters. The van der Waals surface area contributed by atoms with Crippen LogP contribution < -0.4 is 10.6 Å². The lowest BCUT2D eigenvalue weighted by Gasteiger charge is -2.30. The van der Waals surface area contributed by atoms with Gasteiger partial charge in [0.15, 0.2) is 0 Å². The van der Waals surface area contributed by atoms with Gasteiger partial charge in [-0.1, -0.05) is 64.1 Å². The quantitative estimate of drug-likeness (QED) is 0.106. The van der Waals surface area contributed by atoms with Crippen LogP contribution in [0.3, 0.4) is 0 Å². The summed E-state index contributed by atoms with van der Waals surface area (Å²) in [6, 6.07) is 11.7. The molecular weight excluding hydrogens is 704 g/mol. The van der Waals surface area contributed by atoms with E-state index in [9.17, 15) is 29.4 Å². The second kappa shape index (κ2) is 16.8. The molecule has 15 nitrogen and oxygen atoms in total. The van der Waals surface area contributed by atoms with Crippen LogP contribution in [0.15, 0.2) is 54.9 Å². The number of likely N-dealkylation sites (tertiary alicyclic amines) is 2. The molecular formula is C40H50N8O7. The van der Waals surface area contributed by atoms with E-state index in [4.69, 9.17) is 4.74 Å². The van der Waals surface area contributed by atoms with Gasteiger partial charge in [0, 0.05) is 13.1 Å². The molecule has 4 heterocycles. The highest BCUT2D eigenvalue weighted by atomic mass is 16.5. The van der Waals surface area contributed by atoms with Crippen LogP contribution in [0.1, 0.15) is 82.7 Å². The molecule has 4 atom stereocenters. The van der Waals surface area contributed by atoms with Crippen molar-refractivity contribution in [3.63, 3.8) is 0 Å². The first-order valence-electron chi connectivity index (χ1n) is 18.8. The smallest absolute Gasteiger partial charge is 0.407 e. The molecule has 0 spiro atoms. The number of aromatic amines is 2. The summed E-state index contributed by atoms with van der Waals surface area (Å²) >= 11 is 0. The van der Waals surface area contributed by atoms with Gasteiger partial charge >= 0.3 is 12.2 Å². The van der Waals surface area contributed by atoms with Crippen LogP contribution in [0, 0.1) is 11.8 Å². The Kier molecular flexibility index (Phi) is 11.9. The summed E-state index contributed by atoms with van der Waals surface area (Å²) in [5, 5.41) is 24.8. The van der Waals surface area contributed by atoms with Crippen molar-refractivity contribution < 1.29 is 34.1 Å². The number of carboxylic acid groups (broad SMARTS) is 1. The topological polar surface area (TPSA) is 206 Å². The molecule has 2 saturated heterocycles. The fourth-order valence-electron chi connectivity index (χ4n) is 7.64. The van der Waals surface area contributed by atoms with Crippen molar-refractivity contribution in [3.05, 3.63) is 72.1 Å². The Hall–Kier alpha value is -5.70. The molecule has 0 aliphatic carbocycles. The number of aliphatic hydroxyl groups excluding tert-OH is 1. The van der Waals surface area contributed by atoms with Crippen molar-refractivity contribution in [2.45, 2.75) is 84.2 Å². The summed E-state index contributed by atoms with van der Waals surface area (Å²) in [7, 11) is 1.28. The minimum absolute atomic E-state index is 0.124.